The first-order valence-electron chi connectivity index (χ1n) is 6.63. The molecule has 0 aromatic heterocycles. The van der Waals surface area contributed by atoms with Crippen LogP contribution in [0.3, 0.4) is 0 Å². The van der Waals surface area contributed by atoms with E-state index in [0.29, 0.717) is 0 Å². The van der Waals surface area contributed by atoms with Gasteiger partial charge in [0.1, 0.15) is 17.1 Å². The number of halogens is 2. The van der Waals surface area contributed by atoms with Crippen LogP contribution in [0.2, 0.25) is 5.02 Å². The number of aliphatic carboxylic acids is 1. The van der Waals surface area contributed by atoms with E-state index in [1.807, 2.05) is 0 Å². The lowest BCUT2D eigenvalue weighted by molar-refractivity contribution is -0.152. The lowest BCUT2D eigenvalue weighted by Crippen LogP contribution is -2.58. The minimum atomic E-state index is -1.33. The first-order valence-corrected chi connectivity index (χ1v) is 7.01. The molecule has 1 amide bonds. The average Bonchev–Trinajstić information content (AvgIpc) is 2.49. The average molecular weight is 332 g/mol. The van der Waals surface area contributed by atoms with Gasteiger partial charge in [-0.3, -0.25) is 4.79 Å². The lowest BCUT2D eigenvalue weighted by atomic mass is 9.90. The molecule has 1 aromatic carbocycles. The molecule has 2 rings (SSSR count). The van der Waals surface area contributed by atoms with E-state index in [2.05, 4.69) is 5.32 Å². The molecule has 1 saturated heterocycles. The monoisotopic (exact) mass is 331 g/mol. The topological polar surface area (TPSA) is 84.9 Å². The van der Waals surface area contributed by atoms with Crippen LogP contribution in [0.5, 0.6) is 5.75 Å². The number of carbonyl (C=O) groups is 2. The fraction of sp³-hybridized carbons (Fsp3) is 0.429. The Labute approximate surface area is 131 Å². The molecule has 0 unspecified atom stereocenters. The van der Waals surface area contributed by atoms with Crippen LogP contribution in [0.4, 0.5) is 4.39 Å². The second kappa shape index (κ2) is 6.93. The van der Waals surface area contributed by atoms with Gasteiger partial charge in [0, 0.05) is 32.1 Å². The predicted molar refractivity (Wildman–Crippen MR) is 75.5 cm³/mol. The zero-order valence-corrected chi connectivity index (χ0v) is 12.4. The Morgan fingerprint density at radius 3 is 2.68 bits per heavy atom. The van der Waals surface area contributed by atoms with Crippen molar-refractivity contribution in [1.29, 1.82) is 0 Å². The molecule has 22 heavy (non-hydrogen) atoms. The highest BCUT2D eigenvalue weighted by Gasteiger charge is 2.41. The van der Waals surface area contributed by atoms with Crippen molar-refractivity contribution < 1.29 is 28.6 Å². The van der Waals surface area contributed by atoms with Gasteiger partial charge in [-0.15, -0.1) is 0 Å². The van der Waals surface area contributed by atoms with Crippen LogP contribution in [0, 0.1) is 5.82 Å². The van der Waals surface area contributed by atoms with E-state index >= 15 is 0 Å². The first-order chi connectivity index (χ1) is 10.4. The maximum Gasteiger partial charge on any atom is 0.329 e. The maximum atomic E-state index is 13.0. The van der Waals surface area contributed by atoms with E-state index in [-0.39, 0.29) is 36.8 Å². The molecule has 1 fully saturated rings. The summed E-state index contributed by atoms with van der Waals surface area (Å²) in [6, 6.07) is 3.69. The Bertz CT molecular complexity index is 574. The molecule has 0 radical (unpaired) electrons. The Morgan fingerprint density at radius 1 is 1.41 bits per heavy atom. The van der Waals surface area contributed by atoms with E-state index < -0.39 is 29.8 Å². The number of carbonyl (C=O) groups excluding carboxylic acids is 1. The lowest BCUT2D eigenvalue weighted by Gasteiger charge is -2.33. The molecule has 0 spiro atoms. The molecule has 0 aliphatic carbocycles. The van der Waals surface area contributed by atoms with Gasteiger partial charge in [0.05, 0.1) is 5.02 Å². The van der Waals surface area contributed by atoms with E-state index in [0.717, 1.165) is 6.07 Å². The molecule has 2 N–H and O–H groups in total. The number of carboxylic acids is 1. The third kappa shape index (κ3) is 3.86. The van der Waals surface area contributed by atoms with Crippen molar-refractivity contribution in [3.8, 4) is 5.75 Å². The molecule has 0 atom stereocenters. The molecule has 1 aliphatic rings. The summed E-state index contributed by atoms with van der Waals surface area (Å²) in [7, 11) is 0. The Hall–Kier alpha value is -1.86. The summed E-state index contributed by atoms with van der Waals surface area (Å²) >= 11 is 5.60. The van der Waals surface area contributed by atoms with Crippen molar-refractivity contribution >= 4 is 23.5 Å². The second-order valence-electron chi connectivity index (χ2n) is 4.91. The van der Waals surface area contributed by atoms with E-state index in [4.69, 9.17) is 21.1 Å². The maximum absolute atomic E-state index is 13.0. The summed E-state index contributed by atoms with van der Waals surface area (Å²) in [4.78, 5) is 23.3. The van der Waals surface area contributed by atoms with Crippen LogP contribution in [-0.2, 0) is 14.3 Å². The van der Waals surface area contributed by atoms with Crippen molar-refractivity contribution in [2.24, 2.45) is 0 Å². The normalized spacial score (nSPS) is 16.8. The number of nitrogens with one attached hydrogen (secondary N) is 1. The van der Waals surface area contributed by atoms with Gasteiger partial charge in [0.15, 0.2) is 6.61 Å². The Morgan fingerprint density at radius 2 is 2.09 bits per heavy atom. The molecule has 8 heteroatoms. The van der Waals surface area contributed by atoms with Gasteiger partial charge in [-0.1, -0.05) is 11.6 Å². The summed E-state index contributed by atoms with van der Waals surface area (Å²) in [6.45, 7) is 0.139. The predicted octanol–water partition coefficient (Wildman–Crippen LogP) is 1.61. The van der Waals surface area contributed by atoms with Crippen LogP contribution in [0.1, 0.15) is 12.8 Å². The van der Waals surface area contributed by atoms with Crippen molar-refractivity contribution in [3.63, 3.8) is 0 Å². The zero-order valence-electron chi connectivity index (χ0n) is 11.6. The number of amides is 1. The highest BCUT2D eigenvalue weighted by atomic mass is 35.5. The Kier molecular flexibility index (Phi) is 5.20. The minimum Gasteiger partial charge on any atom is -0.484 e. The van der Waals surface area contributed by atoms with Crippen LogP contribution >= 0.6 is 11.6 Å². The number of benzene rings is 1. The SMILES string of the molecule is O=C(COc1ccc(F)c(Cl)c1)NC1(C(=O)O)CCOCC1. The second-order valence-corrected chi connectivity index (χ2v) is 5.32. The molecule has 120 valence electrons. The van der Waals surface area contributed by atoms with E-state index in [1.165, 1.54) is 12.1 Å². The molecule has 0 bridgehead atoms. The smallest absolute Gasteiger partial charge is 0.329 e. The summed E-state index contributed by atoms with van der Waals surface area (Å²) in [6.07, 6.45) is 0.382. The number of hydrogen-bond acceptors (Lipinski definition) is 4. The Balaban J connectivity index is 1.94. The fourth-order valence-electron chi connectivity index (χ4n) is 2.13. The van der Waals surface area contributed by atoms with Crippen LogP contribution in [-0.4, -0.2) is 42.3 Å². The standard InChI is InChI=1S/C14H15ClFNO5/c15-10-7-9(1-2-11(10)16)22-8-12(18)17-14(13(19)20)3-5-21-6-4-14/h1-2,7H,3-6,8H2,(H,17,18)(H,19,20). The van der Waals surface area contributed by atoms with Crippen molar-refractivity contribution in [3.05, 3.63) is 29.0 Å². The molecule has 6 nitrogen and oxygen atoms in total. The van der Waals surface area contributed by atoms with Gasteiger partial charge in [-0.2, -0.15) is 0 Å². The number of ether oxygens (including phenoxy) is 2. The molecule has 0 saturated carbocycles. The van der Waals surface area contributed by atoms with Gasteiger partial charge >= 0.3 is 5.97 Å². The molecule has 1 heterocycles. The van der Waals surface area contributed by atoms with Gasteiger partial charge < -0.3 is 19.9 Å². The fourth-order valence-corrected chi connectivity index (χ4v) is 2.30. The molecular formula is C14H15ClFNO5. The van der Waals surface area contributed by atoms with Gasteiger partial charge in [-0.25, -0.2) is 9.18 Å². The number of carboxylic acid groups (broad SMARTS) is 1. The number of hydrogen-bond donors (Lipinski definition) is 2. The van der Waals surface area contributed by atoms with Crippen molar-refractivity contribution in [1.82, 2.24) is 5.32 Å². The van der Waals surface area contributed by atoms with Gasteiger partial charge in [-0.05, 0) is 12.1 Å². The minimum absolute atomic E-state index is 0.121. The van der Waals surface area contributed by atoms with Crippen LogP contribution in [0.15, 0.2) is 18.2 Å². The van der Waals surface area contributed by atoms with Crippen LogP contribution < -0.4 is 10.1 Å². The van der Waals surface area contributed by atoms with E-state index in [1.54, 1.807) is 0 Å². The van der Waals surface area contributed by atoms with E-state index in [9.17, 15) is 19.1 Å². The largest absolute Gasteiger partial charge is 0.484 e. The third-order valence-electron chi connectivity index (χ3n) is 3.40. The van der Waals surface area contributed by atoms with Crippen molar-refractivity contribution in [2.75, 3.05) is 19.8 Å². The van der Waals surface area contributed by atoms with Gasteiger partial charge in [0.2, 0.25) is 0 Å². The number of rotatable bonds is 5. The van der Waals surface area contributed by atoms with Crippen molar-refractivity contribution in [2.45, 2.75) is 18.4 Å². The summed E-state index contributed by atoms with van der Waals surface area (Å²) in [5.74, 6) is -2.05. The molecule has 1 aliphatic heterocycles. The third-order valence-corrected chi connectivity index (χ3v) is 3.69. The zero-order chi connectivity index (χ0) is 16.2. The molecular weight excluding hydrogens is 317 g/mol. The summed E-state index contributed by atoms with van der Waals surface area (Å²) < 4.78 is 23.3. The first kappa shape index (κ1) is 16.5. The summed E-state index contributed by atoms with van der Waals surface area (Å²) in [5, 5.41) is 11.7. The molecule has 1 aromatic rings. The van der Waals surface area contributed by atoms with Gasteiger partial charge in [0.25, 0.3) is 5.91 Å². The highest BCUT2D eigenvalue weighted by Crippen LogP contribution is 2.22. The quantitative estimate of drug-likeness (QED) is 0.856. The highest BCUT2D eigenvalue weighted by molar-refractivity contribution is 6.30. The summed E-state index contributed by atoms with van der Waals surface area (Å²) in [5.41, 5.74) is -1.33. The van der Waals surface area contributed by atoms with Crippen LogP contribution in [0.25, 0.3) is 0 Å².